The summed E-state index contributed by atoms with van der Waals surface area (Å²) in [5.41, 5.74) is 10.7. The van der Waals surface area contributed by atoms with Gasteiger partial charge in [0.05, 0.1) is 39.0 Å². The molecule has 2 amide bonds. The van der Waals surface area contributed by atoms with Crippen molar-refractivity contribution in [2.45, 2.75) is 33.5 Å². The molecule has 5 rings (SSSR count). The van der Waals surface area contributed by atoms with Crippen LogP contribution in [0, 0.1) is 0 Å². The summed E-state index contributed by atoms with van der Waals surface area (Å²) in [6.07, 6.45) is 1.44. The Morgan fingerprint density at radius 1 is 0.649 bits per heavy atom. The molecular weight excluding hydrogens is 746 g/mol. The molecule has 5 aromatic rings. The summed E-state index contributed by atoms with van der Waals surface area (Å²) in [6.45, 7) is 2.61. The zero-order valence-electron chi connectivity index (χ0n) is 30.9. The summed E-state index contributed by atoms with van der Waals surface area (Å²) >= 11 is 0. The number of H-pyrrole nitrogens is 2. The first-order chi connectivity index (χ1) is 27.2. The van der Waals surface area contributed by atoms with E-state index in [1.54, 1.807) is 74.5 Å². The number of nitrogens with two attached hydrogens (primary N) is 2. The second-order valence-electron chi connectivity index (χ2n) is 12.2. The van der Waals surface area contributed by atoms with Gasteiger partial charge in [-0.05, 0) is 37.1 Å². The summed E-state index contributed by atoms with van der Waals surface area (Å²) in [4.78, 5) is 106. The molecule has 3 aromatic heterocycles. The van der Waals surface area contributed by atoms with Crippen LogP contribution in [0.4, 0.5) is 23.0 Å². The predicted molar refractivity (Wildman–Crippen MR) is 208 cm³/mol. The van der Waals surface area contributed by atoms with Crippen LogP contribution in [0.1, 0.15) is 30.7 Å². The number of amides is 2. The number of aliphatic carboxylic acids is 2. The molecule has 20 heteroatoms. The minimum absolute atomic E-state index is 0.00171. The number of carbonyl (C=O) groups excluding carboxylic acids is 2. The predicted octanol–water partition coefficient (Wildman–Crippen LogP) is 0.304. The molecule has 0 saturated carbocycles. The molecule has 8 N–H and O–H groups in total. The topological polar surface area (TPSA) is 293 Å². The van der Waals surface area contributed by atoms with E-state index in [0.29, 0.717) is 5.76 Å². The third-order valence-electron chi connectivity index (χ3n) is 8.43. The lowest BCUT2D eigenvalue weighted by atomic mass is 10.2. The molecule has 0 radical (unpaired) electrons. The van der Waals surface area contributed by atoms with E-state index >= 15 is 0 Å². The van der Waals surface area contributed by atoms with Gasteiger partial charge in [0.15, 0.2) is 11.4 Å². The van der Waals surface area contributed by atoms with Crippen molar-refractivity contribution < 1.29 is 33.8 Å². The van der Waals surface area contributed by atoms with Crippen LogP contribution in [0.5, 0.6) is 0 Å². The Hall–Kier alpha value is -7.48. The van der Waals surface area contributed by atoms with Crippen LogP contribution < -0.4 is 43.8 Å². The van der Waals surface area contributed by atoms with Crippen molar-refractivity contribution in [2.24, 2.45) is 0 Å². The van der Waals surface area contributed by atoms with E-state index in [2.05, 4.69) is 9.97 Å². The number of hydrogen-bond acceptors (Lipinski definition) is 12. The molecule has 0 aliphatic rings. The summed E-state index contributed by atoms with van der Waals surface area (Å²) in [5.74, 6) is -4.82. The standard InChI is InChI=1S/C35H39N9O7.C2H2O4/c1-3-41(28-30(36)43(34(49)38-32(28)47)18-23-12-7-5-8-13-23)26(45)21-40(20-25-16-11-17-51-25)22-27(46)42(4-2)29-31(37)44(35(50)39-33(29)48)19-24-14-9-6-10-15-24;3-1(4)2(5)6/h5-17H,3-4,18-22,36-37H2,1-2H3,(H,38,47,49)(H,39,48,50);(H,3,4)(H,5,6). The average Bonchev–Trinajstić information content (AvgIpc) is 3.69. The summed E-state index contributed by atoms with van der Waals surface area (Å²) < 4.78 is 7.84. The van der Waals surface area contributed by atoms with E-state index < -0.39 is 59.3 Å². The van der Waals surface area contributed by atoms with Crippen LogP contribution in [0.15, 0.2) is 103 Å². The third kappa shape index (κ3) is 10.6. The Kier molecular flexibility index (Phi) is 14.2. The van der Waals surface area contributed by atoms with Gasteiger partial charge in [-0.1, -0.05) is 60.7 Å². The highest BCUT2D eigenvalue weighted by molar-refractivity contribution is 6.27. The highest BCUT2D eigenvalue weighted by atomic mass is 16.4. The van der Waals surface area contributed by atoms with Crippen molar-refractivity contribution in [1.82, 2.24) is 24.0 Å². The maximum Gasteiger partial charge on any atom is 0.414 e. The lowest BCUT2D eigenvalue weighted by Gasteiger charge is -2.29. The van der Waals surface area contributed by atoms with E-state index in [9.17, 15) is 28.8 Å². The lowest BCUT2D eigenvalue weighted by Crippen LogP contribution is -2.48. The molecule has 20 nitrogen and oxygen atoms in total. The molecule has 0 spiro atoms. The number of furan rings is 1. The van der Waals surface area contributed by atoms with E-state index in [1.807, 2.05) is 12.1 Å². The Morgan fingerprint density at radius 2 is 1.05 bits per heavy atom. The van der Waals surface area contributed by atoms with Gasteiger partial charge in [-0.15, -0.1) is 0 Å². The highest BCUT2D eigenvalue weighted by Gasteiger charge is 2.29. The van der Waals surface area contributed by atoms with Crippen LogP contribution >= 0.6 is 0 Å². The van der Waals surface area contributed by atoms with Gasteiger partial charge in [-0.3, -0.25) is 43.2 Å². The van der Waals surface area contributed by atoms with E-state index in [-0.39, 0.29) is 55.7 Å². The molecule has 0 bridgehead atoms. The molecule has 0 aliphatic heterocycles. The molecule has 0 unspecified atom stereocenters. The number of benzene rings is 2. The van der Waals surface area contributed by atoms with Gasteiger partial charge in [0.1, 0.15) is 17.4 Å². The van der Waals surface area contributed by atoms with E-state index in [0.717, 1.165) is 20.9 Å². The quantitative estimate of drug-likeness (QED) is 0.0826. The zero-order valence-corrected chi connectivity index (χ0v) is 30.9. The number of rotatable bonds is 14. The Bertz CT molecular complexity index is 2290. The fourth-order valence-electron chi connectivity index (χ4n) is 5.78. The average molecular weight is 788 g/mol. The number of aromatic nitrogens is 4. The second-order valence-corrected chi connectivity index (χ2v) is 12.2. The normalized spacial score (nSPS) is 10.7. The number of nitrogens with one attached hydrogen (secondary N) is 2. The minimum atomic E-state index is -1.82. The number of hydrogen-bond donors (Lipinski definition) is 6. The van der Waals surface area contributed by atoms with Gasteiger partial charge in [0.2, 0.25) is 11.8 Å². The van der Waals surface area contributed by atoms with Crippen molar-refractivity contribution >= 4 is 46.8 Å². The maximum absolute atomic E-state index is 13.9. The Labute approximate surface area is 322 Å². The second kappa shape index (κ2) is 19.2. The van der Waals surface area contributed by atoms with Crippen LogP contribution in [0.25, 0.3) is 0 Å². The molecule has 57 heavy (non-hydrogen) atoms. The number of carboxylic acid groups (broad SMARTS) is 2. The van der Waals surface area contributed by atoms with Crippen molar-refractivity contribution in [3.05, 3.63) is 138 Å². The monoisotopic (exact) mass is 787 g/mol. The number of carbonyl (C=O) groups is 4. The van der Waals surface area contributed by atoms with Crippen LogP contribution in [-0.4, -0.2) is 84.1 Å². The van der Waals surface area contributed by atoms with E-state index in [1.165, 1.54) is 20.3 Å². The SMILES string of the molecule is CCN(C(=O)CN(CC(=O)N(CC)c1c(N)n(Cc2ccccc2)c(=O)[nH]c1=O)Cc1ccco1)c1c(N)n(Cc2ccccc2)c(=O)[nH]c1=O.O=C(O)C(=O)O. The zero-order chi connectivity index (χ0) is 41.8. The number of nitrogens with zero attached hydrogens (tertiary/aromatic N) is 5. The first kappa shape index (κ1) is 42.3. The molecule has 0 aliphatic carbocycles. The summed E-state index contributed by atoms with van der Waals surface area (Å²) in [7, 11) is 0. The van der Waals surface area contributed by atoms with Crippen molar-refractivity contribution in [3.63, 3.8) is 0 Å². The molecule has 0 fully saturated rings. The van der Waals surface area contributed by atoms with Gasteiger partial charge in [0, 0.05) is 13.1 Å². The minimum Gasteiger partial charge on any atom is -0.473 e. The van der Waals surface area contributed by atoms with Crippen molar-refractivity contribution in [1.29, 1.82) is 0 Å². The Morgan fingerprint density at radius 3 is 1.39 bits per heavy atom. The molecular formula is C37H41N9O11. The number of nitrogen functional groups attached to an aromatic ring is 2. The van der Waals surface area contributed by atoms with Crippen LogP contribution in [0.2, 0.25) is 0 Å². The van der Waals surface area contributed by atoms with Crippen molar-refractivity contribution in [2.75, 3.05) is 47.4 Å². The van der Waals surface area contributed by atoms with Crippen molar-refractivity contribution in [3.8, 4) is 0 Å². The van der Waals surface area contributed by atoms with Gasteiger partial charge >= 0.3 is 23.3 Å². The van der Waals surface area contributed by atoms with E-state index in [4.69, 9.17) is 35.7 Å². The third-order valence-corrected chi connectivity index (χ3v) is 8.43. The van der Waals surface area contributed by atoms with Gasteiger partial charge in [-0.25, -0.2) is 19.2 Å². The number of carboxylic acids is 2. The molecule has 300 valence electrons. The number of anilines is 4. The Balaban J connectivity index is 0.00000111. The fourth-order valence-corrected chi connectivity index (χ4v) is 5.78. The summed E-state index contributed by atoms with van der Waals surface area (Å²) in [6, 6.07) is 21.3. The summed E-state index contributed by atoms with van der Waals surface area (Å²) in [5, 5.41) is 14.8. The van der Waals surface area contributed by atoms with Gasteiger partial charge in [0.25, 0.3) is 11.1 Å². The largest absolute Gasteiger partial charge is 0.473 e. The molecule has 2 aromatic carbocycles. The van der Waals surface area contributed by atoms with Gasteiger partial charge < -0.3 is 35.9 Å². The number of aromatic amines is 2. The smallest absolute Gasteiger partial charge is 0.414 e. The van der Waals surface area contributed by atoms with Gasteiger partial charge in [-0.2, -0.15) is 0 Å². The van der Waals surface area contributed by atoms with Crippen LogP contribution in [0.3, 0.4) is 0 Å². The van der Waals surface area contributed by atoms with Crippen LogP contribution in [-0.2, 0) is 38.8 Å². The molecule has 0 saturated heterocycles. The first-order valence-corrected chi connectivity index (χ1v) is 17.3. The molecule has 0 atom stereocenters. The lowest BCUT2D eigenvalue weighted by molar-refractivity contribution is -0.159. The highest BCUT2D eigenvalue weighted by Crippen LogP contribution is 2.21. The number of likely N-dealkylation sites (N-methyl/N-ethyl adjacent to an activating group) is 2. The molecule has 3 heterocycles. The fraction of sp³-hybridized carbons (Fsp3) is 0.243. The maximum atomic E-state index is 13.9. The first-order valence-electron chi connectivity index (χ1n) is 17.3.